The molecule has 18 heavy (non-hydrogen) atoms. The Kier molecular flexibility index (Phi) is 5.54. The van der Waals surface area contributed by atoms with Crippen LogP contribution in [0.3, 0.4) is 0 Å². The Morgan fingerprint density at radius 3 is 2.78 bits per heavy atom. The highest BCUT2D eigenvalue weighted by Gasteiger charge is 2.41. The van der Waals surface area contributed by atoms with Gasteiger partial charge in [-0.15, -0.1) is 0 Å². The van der Waals surface area contributed by atoms with Gasteiger partial charge >= 0.3 is 0 Å². The number of nitrogens with zero attached hydrogens (tertiary/aromatic N) is 1. The van der Waals surface area contributed by atoms with Gasteiger partial charge in [0.25, 0.3) is 0 Å². The van der Waals surface area contributed by atoms with Crippen molar-refractivity contribution in [3.8, 4) is 0 Å². The SMILES string of the molecule is [B][C@@H]1O[C@H](CO)C(O)[C@@H]1OCO/N=C(/C)C(=O)[O-]. The number of ether oxygens (including phenoxy) is 2. The molecule has 0 aromatic rings. The van der Waals surface area contributed by atoms with Gasteiger partial charge in [0.15, 0.2) is 0 Å². The van der Waals surface area contributed by atoms with Crippen molar-refractivity contribution in [3.63, 3.8) is 0 Å². The third-order valence-corrected chi connectivity index (χ3v) is 2.36. The van der Waals surface area contributed by atoms with Crippen molar-refractivity contribution in [3.05, 3.63) is 0 Å². The molecular weight excluding hydrogens is 245 g/mol. The van der Waals surface area contributed by atoms with Crippen molar-refractivity contribution in [2.45, 2.75) is 31.2 Å². The van der Waals surface area contributed by atoms with E-state index < -0.39 is 43.7 Å². The summed E-state index contributed by atoms with van der Waals surface area (Å²) in [5, 5.41) is 31.9. The van der Waals surface area contributed by atoms with Crippen molar-refractivity contribution in [1.29, 1.82) is 0 Å². The van der Waals surface area contributed by atoms with Gasteiger partial charge in [-0.1, -0.05) is 5.16 Å². The lowest BCUT2D eigenvalue weighted by atomic mass is 9.93. The number of oxime groups is 1. The van der Waals surface area contributed by atoms with Crippen molar-refractivity contribution < 1.29 is 34.4 Å². The van der Waals surface area contributed by atoms with Crippen LogP contribution in [0.1, 0.15) is 6.92 Å². The monoisotopic (exact) mass is 258 g/mol. The minimum absolute atomic E-state index is 0.348. The number of hydrogen-bond acceptors (Lipinski definition) is 8. The number of rotatable bonds is 6. The molecule has 0 spiro atoms. The lowest BCUT2D eigenvalue weighted by Crippen LogP contribution is -2.37. The van der Waals surface area contributed by atoms with Crippen LogP contribution >= 0.6 is 0 Å². The fourth-order valence-corrected chi connectivity index (χ4v) is 1.38. The van der Waals surface area contributed by atoms with E-state index in [0.717, 1.165) is 0 Å². The molecule has 8 nitrogen and oxygen atoms in total. The molecule has 0 amide bonds. The quantitative estimate of drug-likeness (QED) is 0.168. The van der Waals surface area contributed by atoms with Crippen LogP contribution in [0.5, 0.6) is 0 Å². The molecule has 0 bridgehead atoms. The van der Waals surface area contributed by atoms with Crippen molar-refractivity contribution in [2.75, 3.05) is 13.4 Å². The van der Waals surface area contributed by atoms with Crippen LogP contribution in [-0.4, -0.2) is 67.5 Å². The average molecular weight is 258 g/mol. The lowest BCUT2D eigenvalue weighted by molar-refractivity contribution is -0.294. The lowest BCUT2D eigenvalue weighted by Gasteiger charge is -2.17. The zero-order valence-corrected chi connectivity index (χ0v) is 9.68. The topological polar surface area (TPSA) is 121 Å². The van der Waals surface area contributed by atoms with E-state index in [2.05, 4.69) is 9.99 Å². The van der Waals surface area contributed by atoms with Gasteiger partial charge in [0.05, 0.1) is 18.3 Å². The summed E-state index contributed by atoms with van der Waals surface area (Å²) >= 11 is 0. The van der Waals surface area contributed by atoms with E-state index in [1.165, 1.54) is 6.92 Å². The first kappa shape index (κ1) is 14.9. The maximum Gasteiger partial charge on any atom is 0.216 e. The fourth-order valence-electron chi connectivity index (χ4n) is 1.38. The van der Waals surface area contributed by atoms with E-state index in [-0.39, 0.29) is 5.71 Å². The minimum atomic E-state index is -1.46. The van der Waals surface area contributed by atoms with E-state index in [0.29, 0.717) is 0 Å². The molecule has 1 aliphatic rings. The van der Waals surface area contributed by atoms with Crippen LogP contribution < -0.4 is 5.11 Å². The van der Waals surface area contributed by atoms with E-state index in [4.69, 9.17) is 22.4 Å². The van der Waals surface area contributed by atoms with E-state index in [9.17, 15) is 15.0 Å². The van der Waals surface area contributed by atoms with Crippen LogP contribution in [0.15, 0.2) is 5.16 Å². The molecular formula is C9H13BNO7-. The Bertz CT molecular complexity index is 324. The summed E-state index contributed by atoms with van der Waals surface area (Å²) in [4.78, 5) is 14.8. The molecule has 1 unspecified atom stereocenters. The Balaban J connectivity index is 2.36. The zero-order valence-electron chi connectivity index (χ0n) is 9.68. The summed E-state index contributed by atoms with van der Waals surface area (Å²) in [7, 11) is 5.51. The van der Waals surface area contributed by atoms with Gasteiger partial charge in [-0.3, -0.25) is 0 Å². The first-order valence-corrected chi connectivity index (χ1v) is 5.16. The second-order valence-electron chi connectivity index (χ2n) is 3.65. The summed E-state index contributed by atoms with van der Waals surface area (Å²) in [5.74, 6) is -1.46. The third kappa shape index (κ3) is 3.67. The maximum atomic E-state index is 10.3. The fraction of sp³-hybridized carbons (Fsp3) is 0.778. The van der Waals surface area contributed by atoms with Gasteiger partial charge in [0, 0.05) is 6.00 Å². The van der Waals surface area contributed by atoms with Gasteiger partial charge < -0.3 is 34.4 Å². The highest BCUT2D eigenvalue weighted by molar-refractivity contribution is 6.33. The number of hydrogen-bond donors (Lipinski definition) is 2. The summed E-state index contributed by atoms with van der Waals surface area (Å²) in [6, 6.07) is -0.910. The Morgan fingerprint density at radius 2 is 2.28 bits per heavy atom. The predicted octanol–water partition coefficient (Wildman–Crippen LogP) is -3.28. The summed E-state index contributed by atoms with van der Waals surface area (Å²) in [5.41, 5.74) is -0.348. The number of aliphatic hydroxyl groups excluding tert-OH is 2. The van der Waals surface area contributed by atoms with Crippen LogP contribution in [0.25, 0.3) is 0 Å². The molecule has 1 fully saturated rings. The van der Waals surface area contributed by atoms with Crippen LogP contribution in [0.4, 0.5) is 0 Å². The first-order valence-electron chi connectivity index (χ1n) is 5.16. The van der Waals surface area contributed by atoms with Crippen molar-refractivity contribution in [2.24, 2.45) is 5.16 Å². The van der Waals surface area contributed by atoms with Gasteiger partial charge in [-0.25, -0.2) is 0 Å². The van der Waals surface area contributed by atoms with Crippen LogP contribution in [-0.2, 0) is 19.1 Å². The average Bonchev–Trinajstić information content (AvgIpc) is 2.60. The molecule has 0 aromatic heterocycles. The number of carbonyl (C=O) groups is 1. The summed E-state index contributed by atoms with van der Waals surface area (Å²) in [6.45, 7) is 0.384. The molecule has 0 aliphatic carbocycles. The number of aliphatic carboxylic acids is 1. The van der Waals surface area contributed by atoms with Crippen LogP contribution in [0.2, 0.25) is 0 Å². The number of carboxylic acid groups (broad SMARTS) is 1. The zero-order chi connectivity index (χ0) is 13.7. The molecule has 2 N–H and O–H groups in total. The molecule has 1 aliphatic heterocycles. The van der Waals surface area contributed by atoms with Gasteiger partial charge in [0.2, 0.25) is 6.79 Å². The first-order chi connectivity index (χ1) is 8.47. The normalized spacial score (nSPS) is 32.5. The number of carbonyl (C=O) groups excluding carboxylic acids is 1. The minimum Gasteiger partial charge on any atom is -0.543 e. The Morgan fingerprint density at radius 1 is 1.61 bits per heavy atom. The van der Waals surface area contributed by atoms with E-state index in [1.54, 1.807) is 0 Å². The summed E-state index contributed by atoms with van der Waals surface area (Å²) in [6.07, 6.45) is -2.81. The van der Waals surface area contributed by atoms with Crippen molar-refractivity contribution in [1.82, 2.24) is 0 Å². The third-order valence-electron chi connectivity index (χ3n) is 2.36. The molecule has 1 rings (SSSR count). The molecule has 0 aromatic carbocycles. The van der Waals surface area contributed by atoms with Gasteiger partial charge in [-0.2, -0.15) is 0 Å². The van der Waals surface area contributed by atoms with Gasteiger partial charge in [-0.05, 0) is 6.92 Å². The van der Waals surface area contributed by atoms with Gasteiger partial charge in [0.1, 0.15) is 26.2 Å². The van der Waals surface area contributed by atoms with E-state index >= 15 is 0 Å². The predicted molar refractivity (Wildman–Crippen MR) is 56.4 cm³/mol. The molecule has 2 radical (unpaired) electrons. The second kappa shape index (κ2) is 6.69. The summed E-state index contributed by atoms with van der Waals surface area (Å²) < 4.78 is 10.0. The largest absolute Gasteiger partial charge is 0.543 e. The maximum absolute atomic E-state index is 10.3. The highest BCUT2D eigenvalue weighted by Crippen LogP contribution is 2.21. The molecule has 1 heterocycles. The second-order valence-corrected chi connectivity index (χ2v) is 3.65. The molecule has 9 heteroatoms. The van der Waals surface area contributed by atoms with E-state index in [1.807, 2.05) is 0 Å². The molecule has 1 saturated heterocycles. The Labute approximate surface area is 105 Å². The highest BCUT2D eigenvalue weighted by atomic mass is 16.8. The standard InChI is InChI=1S/C9H14BNO7/c1-4(9(14)15)11-17-3-16-7-6(13)5(2-12)18-8(7)10/h5-8,12-13H,2-3H2,1H3,(H,14,15)/p-1/b11-4-/t5-,6?,7+,8-/m1/s1. The Hall–Kier alpha value is -1.16. The van der Waals surface area contributed by atoms with Crippen molar-refractivity contribution >= 4 is 19.5 Å². The molecule has 4 atom stereocenters. The molecule has 0 saturated carbocycles. The molecule has 100 valence electrons. The van der Waals surface area contributed by atoms with Crippen LogP contribution in [0, 0.1) is 0 Å². The number of carboxylic acids is 1. The smallest absolute Gasteiger partial charge is 0.216 e. The number of aliphatic hydroxyl groups is 2.